The molecule has 1 aliphatic rings. The number of likely N-dealkylation sites (N-methyl/N-ethyl adjacent to an activating group) is 1. The van der Waals surface area contributed by atoms with Crippen LogP contribution in [0.2, 0.25) is 0 Å². The van der Waals surface area contributed by atoms with Gasteiger partial charge >= 0.3 is 0 Å². The zero-order chi connectivity index (χ0) is 12.1. The molecule has 1 aromatic rings. The number of hydrogen-bond donors (Lipinski definition) is 1. The van der Waals surface area contributed by atoms with Gasteiger partial charge in [-0.1, -0.05) is 6.92 Å². The molecule has 1 saturated heterocycles. The van der Waals surface area contributed by atoms with Crippen LogP contribution in [-0.4, -0.2) is 47.7 Å². The van der Waals surface area contributed by atoms with E-state index in [1.54, 1.807) is 0 Å². The number of aromatic nitrogens is 2. The van der Waals surface area contributed by atoms with Gasteiger partial charge in [0.15, 0.2) is 5.82 Å². The van der Waals surface area contributed by atoms with Crippen molar-refractivity contribution in [1.29, 1.82) is 0 Å². The molecule has 0 bridgehead atoms. The smallest absolute Gasteiger partial charge is 0.158 e. The first-order valence-electron chi connectivity index (χ1n) is 6.18. The number of morpholine rings is 1. The van der Waals surface area contributed by atoms with Gasteiger partial charge < -0.3 is 10.5 Å². The summed E-state index contributed by atoms with van der Waals surface area (Å²) < 4.78 is 5.70. The van der Waals surface area contributed by atoms with Gasteiger partial charge in [-0.2, -0.15) is 0 Å². The van der Waals surface area contributed by atoms with Crippen molar-refractivity contribution in [2.75, 3.05) is 32.8 Å². The Morgan fingerprint density at radius 2 is 2.24 bits per heavy atom. The Hall–Kier alpha value is -1.04. The molecule has 0 spiro atoms. The SMILES string of the molecule is CCN1CCOC(c2ncc(CCN)cn2)C1. The molecule has 1 fully saturated rings. The third kappa shape index (κ3) is 3.21. The van der Waals surface area contributed by atoms with Crippen LogP contribution in [0.25, 0.3) is 0 Å². The largest absolute Gasteiger partial charge is 0.368 e. The second-order valence-electron chi connectivity index (χ2n) is 4.24. The molecule has 2 N–H and O–H groups in total. The van der Waals surface area contributed by atoms with Gasteiger partial charge in [-0.15, -0.1) is 0 Å². The third-order valence-corrected chi connectivity index (χ3v) is 3.04. The van der Waals surface area contributed by atoms with Gasteiger partial charge in [0.1, 0.15) is 6.10 Å². The van der Waals surface area contributed by atoms with E-state index in [-0.39, 0.29) is 6.10 Å². The molecular formula is C12H20N4O. The number of nitrogens with two attached hydrogens (primary N) is 1. The number of hydrogen-bond acceptors (Lipinski definition) is 5. The fraction of sp³-hybridized carbons (Fsp3) is 0.667. The van der Waals surface area contributed by atoms with Crippen molar-refractivity contribution < 1.29 is 4.74 Å². The van der Waals surface area contributed by atoms with Crippen LogP contribution in [0.4, 0.5) is 0 Å². The summed E-state index contributed by atoms with van der Waals surface area (Å²) in [7, 11) is 0. The Labute approximate surface area is 102 Å². The highest BCUT2D eigenvalue weighted by Crippen LogP contribution is 2.18. The normalized spacial score (nSPS) is 21.6. The number of nitrogens with zero attached hydrogens (tertiary/aromatic N) is 3. The zero-order valence-electron chi connectivity index (χ0n) is 10.3. The Bertz CT molecular complexity index is 341. The Kier molecular flexibility index (Phi) is 4.42. The topological polar surface area (TPSA) is 64.3 Å². The minimum Gasteiger partial charge on any atom is -0.368 e. The summed E-state index contributed by atoms with van der Waals surface area (Å²) >= 11 is 0. The lowest BCUT2D eigenvalue weighted by molar-refractivity contribution is -0.0326. The van der Waals surface area contributed by atoms with Crippen molar-refractivity contribution in [3.8, 4) is 0 Å². The molecule has 5 nitrogen and oxygen atoms in total. The quantitative estimate of drug-likeness (QED) is 0.818. The summed E-state index contributed by atoms with van der Waals surface area (Å²) in [6.45, 7) is 6.47. The van der Waals surface area contributed by atoms with Crippen LogP contribution in [0.1, 0.15) is 24.4 Å². The predicted octanol–water partition coefficient (Wildman–Crippen LogP) is 0.371. The monoisotopic (exact) mass is 236 g/mol. The lowest BCUT2D eigenvalue weighted by Gasteiger charge is -2.31. The van der Waals surface area contributed by atoms with E-state index in [0.717, 1.165) is 44.0 Å². The molecule has 1 atom stereocenters. The Morgan fingerprint density at radius 1 is 1.47 bits per heavy atom. The van der Waals surface area contributed by atoms with Crippen molar-refractivity contribution in [3.63, 3.8) is 0 Å². The third-order valence-electron chi connectivity index (χ3n) is 3.04. The summed E-state index contributed by atoms with van der Waals surface area (Å²) in [6.07, 6.45) is 4.54. The molecule has 1 unspecified atom stereocenters. The van der Waals surface area contributed by atoms with E-state index >= 15 is 0 Å². The van der Waals surface area contributed by atoms with Gasteiger partial charge in [0.2, 0.25) is 0 Å². The minimum absolute atomic E-state index is 0.00984. The standard InChI is InChI=1S/C12H20N4O/c1-2-16-5-6-17-11(9-16)12-14-7-10(3-4-13)8-15-12/h7-8,11H,2-6,9,13H2,1H3. The molecule has 0 aromatic carbocycles. The van der Waals surface area contributed by atoms with Crippen LogP contribution in [0.5, 0.6) is 0 Å². The maximum Gasteiger partial charge on any atom is 0.158 e. The molecule has 1 aromatic heterocycles. The molecule has 0 aliphatic carbocycles. The van der Waals surface area contributed by atoms with Gasteiger partial charge in [0.25, 0.3) is 0 Å². The van der Waals surface area contributed by atoms with Gasteiger partial charge in [0.05, 0.1) is 6.61 Å². The van der Waals surface area contributed by atoms with E-state index in [0.29, 0.717) is 6.54 Å². The van der Waals surface area contributed by atoms with Crippen LogP contribution < -0.4 is 5.73 Å². The van der Waals surface area contributed by atoms with Gasteiger partial charge in [-0.05, 0) is 25.1 Å². The average Bonchev–Trinajstić information content (AvgIpc) is 2.40. The second-order valence-corrected chi connectivity index (χ2v) is 4.24. The van der Waals surface area contributed by atoms with E-state index in [1.807, 2.05) is 12.4 Å². The van der Waals surface area contributed by atoms with Crippen LogP contribution in [0.3, 0.4) is 0 Å². The molecule has 17 heavy (non-hydrogen) atoms. The Morgan fingerprint density at radius 3 is 2.88 bits per heavy atom. The van der Waals surface area contributed by atoms with Crippen LogP contribution in [-0.2, 0) is 11.2 Å². The van der Waals surface area contributed by atoms with E-state index in [1.165, 1.54) is 0 Å². The zero-order valence-corrected chi connectivity index (χ0v) is 10.3. The maximum atomic E-state index is 5.70. The molecule has 94 valence electrons. The van der Waals surface area contributed by atoms with Crippen LogP contribution >= 0.6 is 0 Å². The summed E-state index contributed by atoms with van der Waals surface area (Å²) in [4.78, 5) is 11.1. The van der Waals surface area contributed by atoms with Gasteiger partial charge in [-0.3, -0.25) is 4.90 Å². The first kappa shape index (κ1) is 12.4. The molecule has 0 saturated carbocycles. The summed E-state index contributed by atoms with van der Waals surface area (Å²) in [5, 5.41) is 0. The summed E-state index contributed by atoms with van der Waals surface area (Å²) in [5.74, 6) is 0.781. The molecule has 5 heteroatoms. The molecule has 0 amide bonds. The molecule has 0 radical (unpaired) electrons. The van der Waals surface area contributed by atoms with Crippen molar-refractivity contribution in [2.45, 2.75) is 19.4 Å². The van der Waals surface area contributed by atoms with E-state index in [9.17, 15) is 0 Å². The first-order valence-corrected chi connectivity index (χ1v) is 6.18. The highest BCUT2D eigenvalue weighted by atomic mass is 16.5. The van der Waals surface area contributed by atoms with Crippen LogP contribution in [0, 0.1) is 0 Å². The lowest BCUT2D eigenvalue weighted by Crippen LogP contribution is -2.38. The first-order chi connectivity index (χ1) is 8.33. The molecular weight excluding hydrogens is 216 g/mol. The van der Waals surface area contributed by atoms with E-state index in [4.69, 9.17) is 10.5 Å². The highest BCUT2D eigenvalue weighted by Gasteiger charge is 2.22. The molecule has 2 heterocycles. The van der Waals surface area contributed by atoms with Crippen LogP contribution in [0.15, 0.2) is 12.4 Å². The average molecular weight is 236 g/mol. The van der Waals surface area contributed by atoms with Crippen molar-refractivity contribution in [3.05, 3.63) is 23.8 Å². The minimum atomic E-state index is 0.00984. The fourth-order valence-corrected chi connectivity index (χ4v) is 1.97. The van der Waals surface area contributed by atoms with Crippen molar-refractivity contribution in [1.82, 2.24) is 14.9 Å². The Balaban J connectivity index is 2.01. The van der Waals surface area contributed by atoms with E-state index < -0.39 is 0 Å². The fourth-order valence-electron chi connectivity index (χ4n) is 1.97. The number of rotatable bonds is 4. The molecule has 2 rings (SSSR count). The highest BCUT2D eigenvalue weighted by molar-refractivity contribution is 5.07. The summed E-state index contributed by atoms with van der Waals surface area (Å²) in [5.41, 5.74) is 6.57. The predicted molar refractivity (Wildman–Crippen MR) is 65.6 cm³/mol. The lowest BCUT2D eigenvalue weighted by atomic mass is 10.2. The summed E-state index contributed by atoms with van der Waals surface area (Å²) in [6, 6.07) is 0. The van der Waals surface area contributed by atoms with Crippen molar-refractivity contribution in [2.24, 2.45) is 5.73 Å². The number of ether oxygens (including phenoxy) is 1. The van der Waals surface area contributed by atoms with Gasteiger partial charge in [0, 0.05) is 25.5 Å². The van der Waals surface area contributed by atoms with Crippen molar-refractivity contribution >= 4 is 0 Å². The van der Waals surface area contributed by atoms with Gasteiger partial charge in [-0.25, -0.2) is 9.97 Å². The maximum absolute atomic E-state index is 5.70. The van der Waals surface area contributed by atoms with E-state index in [2.05, 4.69) is 21.8 Å². The molecule has 1 aliphatic heterocycles. The second kappa shape index (κ2) is 6.05.